The number of hydrogen-bond acceptors (Lipinski definition) is 3. The summed E-state index contributed by atoms with van der Waals surface area (Å²) in [7, 11) is 0. The van der Waals surface area contributed by atoms with Gasteiger partial charge in [-0.15, -0.1) is 0 Å². The first-order valence-corrected chi connectivity index (χ1v) is 6.37. The molecule has 1 aromatic rings. The van der Waals surface area contributed by atoms with Crippen LogP contribution in [0.5, 0.6) is 0 Å². The average Bonchev–Trinajstić information content (AvgIpc) is 2.45. The minimum Gasteiger partial charge on any atom is -0.376 e. The second kappa shape index (κ2) is 6.13. The lowest BCUT2D eigenvalue weighted by Gasteiger charge is -2.27. The smallest absolute Gasteiger partial charge is 0.376 e. The molecular formula is C13H16F3N3O. The van der Waals surface area contributed by atoms with Crippen molar-refractivity contribution in [3.8, 4) is 0 Å². The maximum Gasteiger partial charge on any atom is 0.418 e. The molecule has 1 amide bonds. The van der Waals surface area contributed by atoms with E-state index < -0.39 is 11.7 Å². The molecule has 110 valence electrons. The normalized spacial score (nSPS) is 16.1. The number of amides is 1. The fourth-order valence-corrected chi connectivity index (χ4v) is 2.08. The molecule has 1 aliphatic rings. The van der Waals surface area contributed by atoms with E-state index in [2.05, 4.69) is 10.6 Å². The fraction of sp³-hybridized carbons (Fsp3) is 0.462. The van der Waals surface area contributed by atoms with E-state index >= 15 is 0 Å². The van der Waals surface area contributed by atoms with Crippen molar-refractivity contribution in [3.05, 3.63) is 29.8 Å². The van der Waals surface area contributed by atoms with Crippen LogP contribution in [-0.4, -0.2) is 43.5 Å². The van der Waals surface area contributed by atoms with Gasteiger partial charge in [-0.1, -0.05) is 12.1 Å². The third-order valence-corrected chi connectivity index (χ3v) is 3.13. The largest absolute Gasteiger partial charge is 0.418 e. The van der Waals surface area contributed by atoms with Gasteiger partial charge in [0, 0.05) is 31.9 Å². The van der Waals surface area contributed by atoms with Crippen LogP contribution in [0.3, 0.4) is 0 Å². The molecule has 2 N–H and O–H groups in total. The van der Waals surface area contributed by atoms with Gasteiger partial charge in [0.2, 0.25) is 5.91 Å². The number of carbonyl (C=O) groups is 1. The molecule has 0 bridgehead atoms. The van der Waals surface area contributed by atoms with E-state index in [-0.39, 0.29) is 18.1 Å². The number of hydrogen-bond donors (Lipinski definition) is 2. The summed E-state index contributed by atoms with van der Waals surface area (Å²) in [5.74, 6) is -0.191. The minimum absolute atomic E-state index is 0.0662. The molecule has 0 unspecified atom stereocenters. The van der Waals surface area contributed by atoms with Gasteiger partial charge in [-0.25, -0.2) is 0 Å². The zero-order valence-corrected chi connectivity index (χ0v) is 10.8. The van der Waals surface area contributed by atoms with Gasteiger partial charge in [0.15, 0.2) is 0 Å². The molecule has 1 saturated heterocycles. The average molecular weight is 287 g/mol. The molecule has 4 nitrogen and oxygen atoms in total. The molecule has 0 spiro atoms. The Balaban J connectivity index is 1.98. The number of rotatable bonds is 3. The van der Waals surface area contributed by atoms with E-state index in [1.165, 1.54) is 18.2 Å². The summed E-state index contributed by atoms with van der Waals surface area (Å²) in [6.45, 7) is 2.46. The van der Waals surface area contributed by atoms with Gasteiger partial charge in [-0.2, -0.15) is 13.2 Å². The van der Waals surface area contributed by atoms with Crippen LogP contribution in [0.4, 0.5) is 18.9 Å². The van der Waals surface area contributed by atoms with Crippen molar-refractivity contribution in [2.24, 2.45) is 0 Å². The van der Waals surface area contributed by atoms with Gasteiger partial charge in [0.1, 0.15) is 0 Å². The standard InChI is InChI=1S/C13H16F3N3O/c14-13(15,16)10-3-1-2-4-11(10)18-9-12(20)19-7-5-17-6-8-19/h1-4,17-18H,5-9H2. The van der Waals surface area contributed by atoms with Crippen molar-refractivity contribution >= 4 is 11.6 Å². The third-order valence-electron chi connectivity index (χ3n) is 3.13. The Kier molecular flexibility index (Phi) is 4.49. The number of para-hydroxylation sites is 1. The monoisotopic (exact) mass is 287 g/mol. The lowest BCUT2D eigenvalue weighted by atomic mass is 10.1. The number of alkyl halides is 3. The van der Waals surface area contributed by atoms with Crippen molar-refractivity contribution in [3.63, 3.8) is 0 Å². The molecule has 1 aliphatic heterocycles. The van der Waals surface area contributed by atoms with Gasteiger partial charge in [0.05, 0.1) is 12.1 Å². The molecule has 20 heavy (non-hydrogen) atoms. The Morgan fingerprint density at radius 2 is 1.90 bits per heavy atom. The molecule has 0 atom stereocenters. The Morgan fingerprint density at radius 3 is 2.55 bits per heavy atom. The molecule has 0 radical (unpaired) electrons. The maximum absolute atomic E-state index is 12.8. The highest BCUT2D eigenvalue weighted by molar-refractivity contribution is 5.81. The highest BCUT2D eigenvalue weighted by Gasteiger charge is 2.33. The molecule has 1 aromatic carbocycles. The summed E-state index contributed by atoms with van der Waals surface area (Å²) in [5.41, 5.74) is -0.823. The van der Waals surface area contributed by atoms with E-state index in [4.69, 9.17) is 0 Å². The van der Waals surface area contributed by atoms with Crippen LogP contribution >= 0.6 is 0 Å². The number of halogens is 3. The van der Waals surface area contributed by atoms with Crippen LogP contribution in [0.2, 0.25) is 0 Å². The third kappa shape index (κ3) is 3.63. The number of anilines is 1. The highest BCUT2D eigenvalue weighted by atomic mass is 19.4. The van der Waals surface area contributed by atoms with Crippen LogP contribution in [0.1, 0.15) is 5.56 Å². The summed E-state index contributed by atoms with van der Waals surface area (Å²) in [6.07, 6.45) is -4.43. The first-order chi connectivity index (χ1) is 9.48. The van der Waals surface area contributed by atoms with Crippen molar-refractivity contribution in [2.45, 2.75) is 6.18 Å². The van der Waals surface area contributed by atoms with Gasteiger partial charge >= 0.3 is 6.18 Å². The van der Waals surface area contributed by atoms with Crippen LogP contribution in [0.15, 0.2) is 24.3 Å². The molecule has 0 saturated carbocycles. The lowest BCUT2D eigenvalue weighted by molar-refractivity contribution is -0.137. The van der Waals surface area contributed by atoms with Crippen molar-refractivity contribution in [1.82, 2.24) is 10.2 Å². The molecule has 0 aromatic heterocycles. The predicted molar refractivity (Wildman–Crippen MR) is 69.4 cm³/mol. The summed E-state index contributed by atoms with van der Waals surface area (Å²) >= 11 is 0. The zero-order valence-electron chi connectivity index (χ0n) is 10.8. The van der Waals surface area contributed by atoms with Crippen molar-refractivity contribution < 1.29 is 18.0 Å². The first-order valence-electron chi connectivity index (χ1n) is 6.37. The topological polar surface area (TPSA) is 44.4 Å². The first kappa shape index (κ1) is 14.6. The summed E-state index contributed by atoms with van der Waals surface area (Å²) in [5, 5.41) is 5.69. The zero-order chi connectivity index (χ0) is 14.6. The molecule has 7 heteroatoms. The lowest BCUT2D eigenvalue weighted by Crippen LogP contribution is -2.48. The Labute approximate surface area is 114 Å². The Bertz CT molecular complexity index is 470. The number of carbonyl (C=O) groups excluding carboxylic acids is 1. The minimum atomic E-state index is -4.43. The van der Waals surface area contributed by atoms with Crippen molar-refractivity contribution in [2.75, 3.05) is 38.0 Å². The van der Waals surface area contributed by atoms with Gasteiger partial charge in [-0.05, 0) is 12.1 Å². The Morgan fingerprint density at radius 1 is 1.25 bits per heavy atom. The summed E-state index contributed by atoms with van der Waals surface area (Å²) in [6, 6.07) is 5.16. The molecular weight excluding hydrogens is 271 g/mol. The highest BCUT2D eigenvalue weighted by Crippen LogP contribution is 2.34. The maximum atomic E-state index is 12.8. The SMILES string of the molecule is O=C(CNc1ccccc1C(F)(F)F)N1CCNCC1. The van der Waals surface area contributed by atoms with E-state index in [0.717, 1.165) is 6.07 Å². The predicted octanol–water partition coefficient (Wildman–Crippen LogP) is 1.55. The summed E-state index contributed by atoms with van der Waals surface area (Å²) < 4.78 is 38.4. The van der Waals surface area contributed by atoms with Gasteiger partial charge in [-0.3, -0.25) is 4.79 Å². The van der Waals surface area contributed by atoms with Crippen molar-refractivity contribution in [1.29, 1.82) is 0 Å². The van der Waals surface area contributed by atoms with E-state index in [1.807, 2.05) is 0 Å². The number of benzene rings is 1. The van der Waals surface area contributed by atoms with E-state index in [1.54, 1.807) is 4.90 Å². The van der Waals surface area contributed by atoms with Crippen LogP contribution in [0, 0.1) is 0 Å². The Hall–Kier alpha value is -1.76. The van der Waals surface area contributed by atoms with Gasteiger partial charge in [0.25, 0.3) is 0 Å². The van der Waals surface area contributed by atoms with Gasteiger partial charge < -0.3 is 15.5 Å². The molecule has 1 fully saturated rings. The summed E-state index contributed by atoms with van der Waals surface area (Å²) in [4.78, 5) is 13.5. The van der Waals surface area contributed by atoms with E-state index in [0.29, 0.717) is 26.2 Å². The van der Waals surface area contributed by atoms with Crippen LogP contribution in [-0.2, 0) is 11.0 Å². The molecule has 0 aliphatic carbocycles. The number of piperazine rings is 1. The van der Waals surface area contributed by atoms with Crippen LogP contribution in [0.25, 0.3) is 0 Å². The quantitative estimate of drug-likeness (QED) is 0.886. The second-order valence-electron chi connectivity index (χ2n) is 4.53. The number of nitrogens with one attached hydrogen (secondary N) is 2. The van der Waals surface area contributed by atoms with E-state index in [9.17, 15) is 18.0 Å². The fourth-order valence-electron chi connectivity index (χ4n) is 2.08. The molecule has 2 rings (SSSR count). The van der Waals surface area contributed by atoms with Crippen LogP contribution < -0.4 is 10.6 Å². The second-order valence-corrected chi connectivity index (χ2v) is 4.53. The number of nitrogens with zero attached hydrogens (tertiary/aromatic N) is 1. The molecule has 1 heterocycles.